The molecule has 0 atom stereocenters. The lowest BCUT2D eigenvalue weighted by Crippen LogP contribution is -2.08. The molecule has 2 aromatic carbocycles. The van der Waals surface area contributed by atoms with Crippen molar-refractivity contribution < 1.29 is 4.79 Å². The maximum absolute atomic E-state index is 11.9. The molecule has 1 amide bonds. The number of hydrogen-bond donors (Lipinski definition) is 1. The standard InChI is InChI=1S/C17H16ClNO/c1-12-3-6-14(7-4-12)8-10-17(20)19-16-11-15(18)9-5-13(16)2/h3-11H,1-2H3,(H,19,20). The van der Waals surface area contributed by atoms with Crippen LogP contribution in [0.3, 0.4) is 0 Å². The van der Waals surface area contributed by atoms with Crippen molar-refractivity contribution in [1.29, 1.82) is 0 Å². The topological polar surface area (TPSA) is 29.1 Å². The second-order valence-corrected chi connectivity index (χ2v) is 5.13. The minimum absolute atomic E-state index is 0.170. The Bertz CT molecular complexity index is 645. The predicted octanol–water partition coefficient (Wildman–Crippen LogP) is 4.61. The second kappa shape index (κ2) is 6.40. The van der Waals surface area contributed by atoms with Crippen molar-refractivity contribution in [1.82, 2.24) is 0 Å². The third-order valence-corrected chi connectivity index (χ3v) is 3.20. The number of rotatable bonds is 3. The van der Waals surface area contributed by atoms with Crippen LogP contribution >= 0.6 is 11.6 Å². The van der Waals surface area contributed by atoms with Gasteiger partial charge in [-0.15, -0.1) is 0 Å². The summed E-state index contributed by atoms with van der Waals surface area (Å²) in [5.41, 5.74) is 3.90. The quantitative estimate of drug-likeness (QED) is 0.820. The first-order chi connectivity index (χ1) is 9.54. The fraction of sp³-hybridized carbons (Fsp3) is 0.118. The van der Waals surface area contributed by atoms with Crippen molar-refractivity contribution in [2.75, 3.05) is 5.32 Å². The summed E-state index contributed by atoms with van der Waals surface area (Å²) in [6.07, 6.45) is 3.31. The van der Waals surface area contributed by atoms with Crippen molar-refractivity contribution in [3.05, 3.63) is 70.3 Å². The van der Waals surface area contributed by atoms with Gasteiger partial charge in [-0.25, -0.2) is 0 Å². The highest BCUT2D eigenvalue weighted by molar-refractivity contribution is 6.31. The molecule has 0 heterocycles. The smallest absolute Gasteiger partial charge is 0.248 e. The van der Waals surface area contributed by atoms with Gasteiger partial charge in [-0.2, -0.15) is 0 Å². The molecule has 2 rings (SSSR count). The van der Waals surface area contributed by atoms with E-state index >= 15 is 0 Å². The molecule has 0 saturated carbocycles. The lowest BCUT2D eigenvalue weighted by molar-refractivity contribution is -0.111. The van der Waals surface area contributed by atoms with Gasteiger partial charge in [0.25, 0.3) is 0 Å². The minimum atomic E-state index is -0.170. The van der Waals surface area contributed by atoms with Gasteiger partial charge >= 0.3 is 0 Å². The Morgan fingerprint density at radius 1 is 1.10 bits per heavy atom. The Labute approximate surface area is 124 Å². The Morgan fingerprint density at radius 3 is 2.50 bits per heavy atom. The fourth-order valence-corrected chi connectivity index (χ4v) is 1.92. The average molecular weight is 286 g/mol. The molecular formula is C17H16ClNO. The Balaban J connectivity index is 2.05. The summed E-state index contributed by atoms with van der Waals surface area (Å²) in [4.78, 5) is 11.9. The van der Waals surface area contributed by atoms with Crippen molar-refractivity contribution in [2.45, 2.75) is 13.8 Å². The van der Waals surface area contributed by atoms with Crippen LogP contribution in [0, 0.1) is 13.8 Å². The molecule has 0 aromatic heterocycles. The van der Waals surface area contributed by atoms with Crippen LogP contribution in [0.1, 0.15) is 16.7 Å². The first-order valence-electron chi connectivity index (χ1n) is 6.36. The molecule has 0 unspecified atom stereocenters. The van der Waals surface area contributed by atoms with Gasteiger partial charge in [0.2, 0.25) is 5.91 Å². The van der Waals surface area contributed by atoms with Crippen LogP contribution in [-0.4, -0.2) is 5.91 Å². The monoisotopic (exact) mass is 285 g/mol. The van der Waals surface area contributed by atoms with Gasteiger partial charge in [0, 0.05) is 16.8 Å². The number of halogens is 1. The van der Waals surface area contributed by atoms with E-state index in [1.165, 1.54) is 11.6 Å². The number of anilines is 1. The summed E-state index contributed by atoms with van der Waals surface area (Å²) in [5, 5.41) is 3.43. The van der Waals surface area contributed by atoms with Gasteiger partial charge in [-0.1, -0.05) is 47.5 Å². The molecule has 0 aliphatic heterocycles. The number of carbonyl (C=O) groups excluding carboxylic acids is 1. The third-order valence-electron chi connectivity index (χ3n) is 2.96. The third kappa shape index (κ3) is 3.97. The van der Waals surface area contributed by atoms with E-state index < -0.39 is 0 Å². The maximum Gasteiger partial charge on any atom is 0.248 e. The highest BCUT2D eigenvalue weighted by Gasteiger charge is 2.02. The summed E-state index contributed by atoms with van der Waals surface area (Å²) in [5.74, 6) is -0.170. The summed E-state index contributed by atoms with van der Waals surface area (Å²) in [6.45, 7) is 3.96. The normalized spacial score (nSPS) is 10.8. The molecule has 2 nitrogen and oxygen atoms in total. The zero-order valence-corrected chi connectivity index (χ0v) is 12.2. The first-order valence-corrected chi connectivity index (χ1v) is 6.74. The maximum atomic E-state index is 11.9. The van der Waals surface area contributed by atoms with Crippen LogP contribution in [-0.2, 0) is 4.79 Å². The van der Waals surface area contributed by atoms with Crippen molar-refractivity contribution in [3.63, 3.8) is 0 Å². The summed E-state index contributed by atoms with van der Waals surface area (Å²) < 4.78 is 0. The molecule has 0 spiro atoms. The lowest BCUT2D eigenvalue weighted by atomic mass is 10.1. The molecule has 0 aliphatic carbocycles. The molecular weight excluding hydrogens is 270 g/mol. The summed E-state index contributed by atoms with van der Waals surface area (Å²) in [6, 6.07) is 13.4. The molecule has 102 valence electrons. The Kier molecular flexibility index (Phi) is 4.59. The van der Waals surface area contributed by atoms with E-state index in [4.69, 9.17) is 11.6 Å². The van der Waals surface area contributed by atoms with Gasteiger partial charge in [0.1, 0.15) is 0 Å². The molecule has 0 aliphatic rings. The predicted molar refractivity (Wildman–Crippen MR) is 85.0 cm³/mol. The SMILES string of the molecule is Cc1ccc(C=CC(=O)Nc2cc(Cl)ccc2C)cc1. The van der Waals surface area contributed by atoms with E-state index in [1.807, 2.05) is 44.2 Å². The largest absolute Gasteiger partial charge is 0.322 e. The molecule has 2 aromatic rings. The molecule has 0 radical (unpaired) electrons. The molecule has 20 heavy (non-hydrogen) atoms. The van der Waals surface area contributed by atoms with Gasteiger partial charge in [-0.05, 0) is 43.2 Å². The number of benzene rings is 2. The van der Waals surface area contributed by atoms with Gasteiger partial charge in [-0.3, -0.25) is 4.79 Å². The van der Waals surface area contributed by atoms with E-state index in [0.29, 0.717) is 5.02 Å². The average Bonchev–Trinajstić information content (AvgIpc) is 2.42. The molecule has 0 saturated heterocycles. The second-order valence-electron chi connectivity index (χ2n) is 4.69. The van der Waals surface area contributed by atoms with Crippen molar-refractivity contribution in [3.8, 4) is 0 Å². The number of carbonyl (C=O) groups is 1. The molecule has 1 N–H and O–H groups in total. The van der Waals surface area contributed by atoms with Crippen LogP contribution in [0.5, 0.6) is 0 Å². The van der Waals surface area contributed by atoms with Crippen LogP contribution in [0.4, 0.5) is 5.69 Å². The van der Waals surface area contributed by atoms with Crippen LogP contribution in [0.25, 0.3) is 6.08 Å². The highest BCUT2D eigenvalue weighted by Crippen LogP contribution is 2.20. The van der Waals surface area contributed by atoms with Crippen molar-refractivity contribution in [2.24, 2.45) is 0 Å². The van der Waals surface area contributed by atoms with E-state index in [1.54, 1.807) is 18.2 Å². The molecule has 3 heteroatoms. The molecule has 0 bridgehead atoms. The summed E-state index contributed by atoms with van der Waals surface area (Å²) in [7, 11) is 0. The van der Waals surface area contributed by atoms with E-state index in [-0.39, 0.29) is 5.91 Å². The van der Waals surface area contributed by atoms with Crippen LogP contribution in [0.2, 0.25) is 5.02 Å². The molecule has 0 fully saturated rings. The summed E-state index contributed by atoms with van der Waals surface area (Å²) >= 11 is 5.92. The Morgan fingerprint density at radius 2 is 1.80 bits per heavy atom. The van der Waals surface area contributed by atoms with Gasteiger partial charge in [0.15, 0.2) is 0 Å². The zero-order chi connectivity index (χ0) is 14.5. The van der Waals surface area contributed by atoms with Crippen molar-refractivity contribution >= 4 is 29.3 Å². The van der Waals surface area contributed by atoms with E-state index in [2.05, 4.69) is 5.32 Å². The number of aryl methyl sites for hydroxylation is 2. The highest BCUT2D eigenvalue weighted by atomic mass is 35.5. The minimum Gasteiger partial charge on any atom is -0.322 e. The van der Waals surface area contributed by atoms with Gasteiger partial charge in [0.05, 0.1) is 0 Å². The lowest BCUT2D eigenvalue weighted by Gasteiger charge is -2.06. The number of nitrogens with one attached hydrogen (secondary N) is 1. The Hall–Kier alpha value is -2.06. The fourth-order valence-electron chi connectivity index (χ4n) is 1.75. The first kappa shape index (κ1) is 14.4. The van der Waals surface area contributed by atoms with Gasteiger partial charge < -0.3 is 5.32 Å². The van der Waals surface area contributed by atoms with Crippen LogP contribution < -0.4 is 5.32 Å². The zero-order valence-electron chi connectivity index (χ0n) is 11.5. The van der Waals surface area contributed by atoms with E-state index in [9.17, 15) is 4.79 Å². The number of hydrogen-bond acceptors (Lipinski definition) is 1. The van der Waals surface area contributed by atoms with E-state index in [0.717, 1.165) is 16.8 Å². The van der Waals surface area contributed by atoms with Crippen LogP contribution in [0.15, 0.2) is 48.5 Å². The number of amides is 1.